The van der Waals surface area contributed by atoms with Crippen LogP contribution in [0, 0.1) is 11.3 Å². The first kappa shape index (κ1) is 9.07. The van der Waals surface area contributed by atoms with Crippen molar-refractivity contribution in [3.63, 3.8) is 0 Å². The number of alkyl halides is 2. The fraction of sp³-hybridized carbons (Fsp3) is 0.400. The lowest BCUT2D eigenvalue weighted by atomic mass is 9.79. The summed E-state index contributed by atoms with van der Waals surface area (Å²) in [5.41, 5.74) is 1.12. The predicted octanol–water partition coefficient (Wildman–Crippen LogP) is 2.47. The van der Waals surface area contributed by atoms with E-state index < -0.39 is 5.92 Å². The Morgan fingerprint density at radius 1 is 1.43 bits per heavy atom. The van der Waals surface area contributed by atoms with Crippen LogP contribution in [0.2, 0.25) is 0 Å². The van der Waals surface area contributed by atoms with Gasteiger partial charge < -0.3 is 0 Å². The number of hydrogen-bond donors (Lipinski definition) is 0. The van der Waals surface area contributed by atoms with Gasteiger partial charge in [-0.25, -0.2) is 8.78 Å². The Hall–Kier alpha value is -1.50. The highest BCUT2D eigenvalue weighted by Crippen LogP contribution is 2.47. The average molecular weight is 194 g/mol. The van der Waals surface area contributed by atoms with Gasteiger partial charge in [0.2, 0.25) is 5.92 Å². The van der Waals surface area contributed by atoms with Gasteiger partial charge in [0.15, 0.2) is 0 Å². The van der Waals surface area contributed by atoms with Gasteiger partial charge in [-0.3, -0.25) is 4.98 Å². The molecular formula is C10H8F2N2. The Morgan fingerprint density at radius 3 is 2.57 bits per heavy atom. The van der Waals surface area contributed by atoms with E-state index in [1.165, 1.54) is 6.20 Å². The maximum absolute atomic E-state index is 12.5. The molecule has 72 valence electrons. The Labute approximate surface area is 80.2 Å². The molecule has 1 fully saturated rings. The molecule has 0 N–H and O–H groups in total. The van der Waals surface area contributed by atoms with Crippen LogP contribution in [0.1, 0.15) is 30.0 Å². The van der Waals surface area contributed by atoms with Crippen molar-refractivity contribution in [2.75, 3.05) is 0 Å². The summed E-state index contributed by atoms with van der Waals surface area (Å²) in [5.74, 6) is -2.65. The second-order valence-corrected chi connectivity index (χ2v) is 3.54. The number of nitriles is 1. The minimum absolute atomic E-state index is 0.119. The lowest BCUT2D eigenvalue weighted by Gasteiger charge is -2.34. The molecule has 0 atom stereocenters. The van der Waals surface area contributed by atoms with Crippen LogP contribution >= 0.6 is 0 Å². The average Bonchev–Trinajstić information content (AvgIpc) is 2.14. The zero-order valence-corrected chi connectivity index (χ0v) is 7.37. The Morgan fingerprint density at radius 2 is 2.14 bits per heavy atom. The fourth-order valence-electron chi connectivity index (χ4n) is 1.58. The number of aromatic nitrogens is 1. The molecule has 0 saturated heterocycles. The molecule has 1 aromatic rings. The first-order chi connectivity index (χ1) is 6.61. The van der Waals surface area contributed by atoms with Gasteiger partial charge >= 0.3 is 0 Å². The summed E-state index contributed by atoms with van der Waals surface area (Å²) in [6, 6.07) is 5.20. The molecule has 0 amide bonds. The van der Waals surface area contributed by atoms with Crippen molar-refractivity contribution in [3.05, 3.63) is 29.6 Å². The number of halogens is 2. The normalized spacial score (nSPS) is 19.8. The van der Waals surface area contributed by atoms with Crippen molar-refractivity contribution in [1.29, 1.82) is 5.26 Å². The van der Waals surface area contributed by atoms with Crippen molar-refractivity contribution in [3.8, 4) is 6.07 Å². The number of pyridine rings is 1. The zero-order chi connectivity index (χ0) is 10.2. The van der Waals surface area contributed by atoms with Gasteiger partial charge in [0.25, 0.3) is 0 Å². The van der Waals surface area contributed by atoms with Gasteiger partial charge in [0, 0.05) is 30.7 Å². The van der Waals surface area contributed by atoms with Crippen molar-refractivity contribution >= 4 is 0 Å². The van der Waals surface area contributed by atoms with Crippen LogP contribution in [0.5, 0.6) is 0 Å². The molecule has 1 aromatic heterocycles. The lowest BCUT2D eigenvalue weighted by molar-refractivity contribution is -0.0876. The molecule has 14 heavy (non-hydrogen) atoms. The molecule has 0 aliphatic heterocycles. The summed E-state index contributed by atoms with van der Waals surface area (Å²) in [4.78, 5) is 3.98. The first-order valence-electron chi connectivity index (χ1n) is 4.35. The van der Waals surface area contributed by atoms with Crippen LogP contribution in [0.3, 0.4) is 0 Å². The van der Waals surface area contributed by atoms with Gasteiger partial charge in [-0.15, -0.1) is 0 Å². The summed E-state index contributed by atoms with van der Waals surface area (Å²) >= 11 is 0. The largest absolute Gasteiger partial charge is 0.260 e. The molecule has 0 bridgehead atoms. The molecule has 2 nitrogen and oxygen atoms in total. The number of rotatable bonds is 1. The van der Waals surface area contributed by atoms with Crippen LogP contribution in [0.25, 0.3) is 0 Å². The predicted molar refractivity (Wildman–Crippen MR) is 45.9 cm³/mol. The lowest BCUT2D eigenvalue weighted by Crippen LogP contribution is -2.34. The van der Waals surface area contributed by atoms with Gasteiger partial charge in [0.1, 0.15) is 6.07 Å². The van der Waals surface area contributed by atoms with E-state index in [4.69, 9.17) is 5.26 Å². The van der Waals surface area contributed by atoms with E-state index in [1.54, 1.807) is 12.1 Å². The first-order valence-corrected chi connectivity index (χ1v) is 4.35. The zero-order valence-electron chi connectivity index (χ0n) is 7.37. The quantitative estimate of drug-likeness (QED) is 0.688. The summed E-state index contributed by atoms with van der Waals surface area (Å²) in [7, 11) is 0. The van der Waals surface area contributed by atoms with E-state index in [-0.39, 0.29) is 18.8 Å². The highest BCUT2D eigenvalue weighted by Gasteiger charge is 2.46. The third-order valence-electron chi connectivity index (χ3n) is 2.42. The van der Waals surface area contributed by atoms with Crippen LogP contribution in [-0.2, 0) is 0 Å². The van der Waals surface area contributed by atoms with Crippen molar-refractivity contribution in [1.82, 2.24) is 4.98 Å². The second-order valence-electron chi connectivity index (χ2n) is 3.54. The summed E-state index contributed by atoms with van der Waals surface area (Å²) in [6.07, 6.45) is 1.18. The van der Waals surface area contributed by atoms with Crippen LogP contribution < -0.4 is 0 Å². The SMILES string of the molecule is N#Cc1ccc(C2CC(F)(F)C2)nc1. The Balaban J connectivity index is 2.09. The van der Waals surface area contributed by atoms with E-state index in [0.717, 1.165) is 0 Å². The molecule has 2 rings (SSSR count). The van der Waals surface area contributed by atoms with Gasteiger partial charge in [-0.2, -0.15) is 5.26 Å². The van der Waals surface area contributed by atoms with E-state index in [2.05, 4.69) is 4.98 Å². The standard InChI is InChI=1S/C10H8F2N2/c11-10(12)3-8(4-10)9-2-1-7(5-13)6-14-9/h1-2,6,8H,3-4H2. The van der Waals surface area contributed by atoms with Gasteiger partial charge in [-0.05, 0) is 12.1 Å². The minimum Gasteiger partial charge on any atom is -0.260 e. The highest BCUT2D eigenvalue weighted by atomic mass is 19.3. The molecular weight excluding hydrogens is 186 g/mol. The molecule has 1 heterocycles. The Kier molecular flexibility index (Phi) is 1.95. The molecule has 0 unspecified atom stereocenters. The molecule has 4 heteroatoms. The van der Waals surface area contributed by atoms with E-state index in [1.807, 2.05) is 6.07 Å². The summed E-state index contributed by atoms with van der Waals surface area (Å²) in [6.45, 7) is 0. The topological polar surface area (TPSA) is 36.7 Å². The number of nitrogens with zero attached hydrogens (tertiary/aromatic N) is 2. The minimum atomic E-state index is -2.51. The van der Waals surface area contributed by atoms with E-state index >= 15 is 0 Å². The molecule has 1 saturated carbocycles. The second kappa shape index (κ2) is 3.02. The van der Waals surface area contributed by atoms with Crippen LogP contribution in [0.4, 0.5) is 8.78 Å². The molecule has 1 aliphatic rings. The van der Waals surface area contributed by atoms with Crippen LogP contribution in [-0.4, -0.2) is 10.9 Å². The highest BCUT2D eigenvalue weighted by molar-refractivity contribution is 5.28. The maximum atomic E-state index is 12.5. The van der Waals surface area contributed by atoms with Crippen molar-refractivity contribution < 1.29 is 8.78 Å². The number of hydrogen-bond acceptors (Lipinski definition) is 2. The molecule has 0 aromatic carbocycles. The fourth-order valence-corrected chi connectivity index (χ4v) is 1.58. The monoisotopic (exact) mass is 194 g/mol. The maximum Gasteiger partial charge on any atom is 0.249 e. The van der Waals surface area contributed by atoms with Crippen molar-refractivity contribution in [2.24, 2.45) is 0 Å². The molecule has 0 radical (unpaired) electrons. The third kappa shape index (κ3) is 1.58. The summed E-state index contributed by atoms with van der Waals surface area (Å²) < 4.78 is 25.1. The van der Waals surface area contributed by atoms with Gasteiger partial charge in [0.05, 0.1) is 5.56 Å². The summed E-state index contributed by atoms with van der Waals surface area (Å²) in [5, 5.41) is 8.51. The van der Waals surface area contributed by atoms with Gasteiger partial charge in [-0.1, -0.05) is 0 Å². The third-order valence-corrected chi connectivity index (χ3v) is 2.42. The van der Waals surface area contributed by atoms with Crippen molar-refractivity contribution in [2.45, 2.75) is 24.7 Å². The molecule has 1 aliphatic carbocycles. The van der Waals surface area contributed by atoms with E-state index in [9.17, 15) is 8.78 Å². The van der Waals surface area contributed by atoms with E-state index in [0.29, 0.717) is 11.3 Å². The van der Waals surface area contributed by atoms with Crippen LogP contribution in [0.15, 0.2) is 18.3 Å². The Bertz CT molecular complexity index is 370. The molecule has 0 spiro atoms. The smallest absolute Gasteiger partial charge is 0.249 e.